The van der Waals surface area contributed by atoms with Crippen molar-refractivity contribution in [3.05, 3.63) is 34.4 Å². The van der Waals surface area contributed by atoms with Gasteiger partial charge in [0.2, 0.25) is 0 Å². The van der Waals surface area contributed by atoms with Crippen LogP contribution < -0.4 is 4.74 Å². The summed E-state index contributed by atoms with van der Waals surface area (Å²) in [5.41, 5.74) is -0.133. The highest BCUT2D eigenvalue weighted by Gasteiger charge is 2.27. The molecule has 20 heavy (non-hydrogen) atoms. The zero-order chi connectivity index (χ0) is 15.3. The van der Waals surface area contributed by atoms with Crippen molar-refractivity contribution >= 4 is 17.8 Å². The van der Waals surface area contributed by atoms with Gasteiger partial charge in [0.25, 0.3) is 11.5 Å². The number of ether oxygens (including phenoxy) is 3. The zero-order valence-electron chi connectivity index (χ0n) is 11.1. The summed E-state index contributed by atoms with van der Waals surface area (Å²) >= 11 is 0. The Morgan fingerprint density at radius 1 is 1.15 bits per heavy atom. The maximum atomic E-state index is 11.5. The van der Waals surface area contributed by atoms with Crippen LogP contribution in [0.1, 0.15) is 20.8 Å². The van der Waals surface area contributed by atoms with Crippen molar-refractivity contribution in [1.29, 1.82) is 0 Å². The van der Waals surface area contributed by atoms with E-state index in [1.54, 1.807) is 0 Å². The number of nitro benzene ring substituents is 1. The summed E-state index contributed by atoms with van der Waals surface area (Å²) in [6.07, 6.45) is -1.09. The molecule has 0 aliphatic carbocycles. The number of nitrogens with zero attached hydrogens (tertiary/aromatic N) is 1. The number of carbonyl (C=O) groups is 2. The van der Waals surface area contributed by atoms with Crippen LogP contribution in [0.5, 0.6) is 5.75 Å². The normalized spacial score (nSPS) is 10.6. The lowest BCUT2D eigenvalue weighted by Crippen LogP contribution is -2.34. The van der Waals surface area contributed by atoms with Gasteiger partial charge in [0, 0.05) is 32.9 Å². The molecule has 0 saturated heterocycles. The van der Waals surface area contributed by atoms with E-state index in [0.29, 0.717) is 0 Å². The molecule has 8 nitrogen and oxygen atoms in total. The second kappa shape index (κ2) is 6.00. The third-order valence-electron chi connectivity index (χ3n) is 1.97. The van der Waals surface area contributed by atoms with Gasteiger partial charge in [-0.1, -0.05) is 0 Å². The highest BCUT2D eigenvalue weighted by Crippen LogP contribution is 2.19. The van der Waals surface area contributed by atoms with Crippen molar-refractivity contribution in [3.8, 4) is 5.75 Å². The first kappa shape index (κ1) is 15.4. The van der Waals surface area contributed by atoms with Gasteiger partial charge in [-0.25, -0.2) is 4.79 Å². The molecule has 0 saturated carbocycles. The van der Waals surface area contributed by atoms with Gasteiger partial charge in [-0.15, -0.1) is 0 Å². The minimum Gasteiger partial charge on any atom is -0.423 e. The molecule has 0 aliphatic heterocycles. The summed E-state index contributed by atoms with van der Waals surface area (Å²) < 4.78 is 14.3. The van der Waals surface area contributed by atoms with E-state index >= 15 is 0 Å². The molecule has 1 aromatic rings. The van der Waals surface area contributed by atoms with Crippen molar-refractivity contribution < 1.29 is 28.7 Å². The Morgan fingerprint density at radius 2 is 1.70 bits per heavy atom. The standard InChI is InChI=1S/C12H13NO7/c1-8(14)19-12(2,3)20-11(15)18-10-6-4-9(5-7-10)13(16)17/h4-7H,1-3H3. The highest BCUT2D eigenvalue weighted by molar-refractivity contribution is 5.67. The smallest absolute Gasteiger partial charge is 0.423 e. The Balaban J connectivity index is 2.62. The van der Waals surface area contributed by atoms with E-state index in [4.69, 9.17) is 14.2 Å². The van der Waals surface area contributed by atoms with E-state index < -0.39 is 22.8 Å². The van der Waals surface area contributed by atoms with Crippen LogP contribution in [0.15, 0.2) is 24.3 Å². The molecule has 0 heterocycles. The molecule has 0 spiro atoms. The average Bonchev–Trinajstić information content (AvgIpc) is 2.26. The number of carbonyl (C=O) groups excluding carboxylic acids is 2. The summed E-state index contributed by atoms with van der Waals surface area (Å²) in [6.45, 7) is 3.91. The van der Waals surface area contributed by atoms with E-state index in [-0.39, 0.29) is 11.4 Å². The van der Waals surface area contributed by atoms with Gasteiger partial charge in [0.1, 0.15) is 5.75 Å². The van der Waals surface area contributed by atoms with Crippen LogP contribution in [-0.4, -0.2) is 22.8 Å². The number of nitro groups is 1. The molecular formula is C12H13NO7. The Morgan fingerprint density at radius 3 is 2.15 bits per heavy atom. The van der Waals surface area contributed by atoms with E-state index in [2.05, 4.69) is 0 Å². The van der Waals surface area contributed by atoms with Crippen LogP contribution >= 0.6 is 0 Å². The largest absolute Gasteiger partial charge is 0.517 e. The Labute approximate surface area is 114 Å². The predicted octanol–water partition coefficient (Wildman–Crippen LogP) is 2.41. The van der Waals surface area contributed by atoms with Gasteiger partial charge in [-0.05, 0) is 12.1 Å². The van der Waals surface area contributed by atoms with E-state index in [0.717, 1.165) is 0 Å². The Hall–Kier alpha value is -2.64. The molecule has 0 aromatic heterocycles. The number of hydrogen-bond donors (Lipinski definition) is 0. The molecule has 0 bridgehead atoms. The second-order valence-corrected chi connectivity index (χ2v) is 4.20. The average molecular weight is 283 g/mol. The molecule has 1 rings (SSSR count). The maximum Gasteiger partial charge on any atom is 0.517 e. The lowest BCUT2D eigenvalue weighted by molar-refractivity contribution is -0.384. The minimum atomic E-state index is -1.47. The fraction of sp³-hybridized carbons (Fsp3) is 0.333. The molecule has 1 aromatic carbocycles. The summed E-state index contributed by atoms with van der Waals surface area (Å²) in [5.74, 6) is -2.01. The van der Waals surface area contributed by atoms with Crippen molar-refractivity contribution in [2.45, 2.75) is 26.6 Å². The van der Waals surface area contributed by atoms with Gasteiger partial charge in [-0.3, -0.25) is 14.9 Å². The highest BCUT2D eigenvalue weighted by atomic mass is 16.8. The van der Waals surface area contributed by atoms with Crippen LogP contribution in [0.4, 0.5) is 10.5 Å². The van der Waals surface area contributed by atoms with Crippen molar-refractivity contribution in [2.75, 3.05) is 0 Å². The Kier molecular flexibility index (Phi) is 4.63. The van der Waals surface area contributed by atoms with Crippen molar-refractivity contribution in [1.82, 2.24) is 0 Å². The van der Waals surface area contributed by atoms with Crippen molar-refractivity contribution in [2.24, 2.45) is 0 Å². The van der Waals surface area contributed by atoms with E-state index in [9.17, 15) is 19.7 Å². The molecule has 0 N–H and O–H groups in total. The maximum absolute atomic E-state index is 11.5. The molecule has 108 valence electrons. The first-order chi connectivity index (χ1) is 9.19. The number of benzene rings is 1. The lowest BCUT2D eigenvalue weighted by atomic mass is 10.3. The minimum absolute atomic E-state index is 0.0687. The van der Waals surface area contributed by atoms with Crippen LogP contribution in [0.3, 0.4) is 0 Å². The monoisotopic (exact) mass is 283 g/mol. The van der Waals surface area contributed by atoms with Crippen LogP contribution in [0, 0.1) is 10.1 Å². The number of hydrogen-bond acceptors (Lipinski definition) is 7. The SMILES string of the molecule is CC(=O)OC(C)(C)OC(=O)Oc1ccc([N+](=O)[O-])cc1. The summed E-state index contributed by atoms with van der Waals surface area (Å²) in [6, 6.07) is 4.86. The number of esters is 1. The number of rotatable bonds is 4. The third-order valence-corrected chi connectivity index (χ3v) is 1.97. The summed E-state index contributed by atoms with van der Waals surface area (Å²) in [7, 11) is 0. The molecule has 0 atom stereocenters. The van der Waals surface area contributed by atoms with Crippen LogP contribution in [0.25, 0.3) is 0 Å². The number of non-ortho nitro benzene ring substituents is 1. The molecule has 0 amide bonds. The molecule has 8 heteroatoms. The molecule has 0 aliphatic rings. The molecule has 0 radical (unpaired) electrons. The second-order valence-electron chi connectivity index (χ2n) is 4.20. The molecular weight excluding hydrogens is 270 g/mol. The van der Waals surface area contributed by atoms with Crippen LogP contribution in [-0.2, 0) is 14.3 Å². The summed E-state index contributed by atoms with van der Waals surface area (Å²) in [4.78, 5) is 32.1. The van der Waals surface area contributed by atoms with E-state index in [1.165, 1.54) is 45.0 Å². The van der Waals surface area contributed by atoms with Crippen LogP contribution in [0.2, 0.25) is 0 Å². The zero-order valence-corrected chi connectivity index (χ0v) is 11.1. The van der Waals surface area contributed by atoms with Gasteiger partial charge in [-0.2, -0.15) is 0 Å². The third kappa shape index (κ3) is 4.92. The quantitative estimate of drug-likeness (QED) is 0.274. The van der Waals surface area contributed by atoms with Crippen molar-refractivity contribution in [3.63, 3.8) is 0 Å². The fourth-order valence-electron chi connectivity index (χ4n) is 1.32. The van der Waals surface area contributed by atoms with Gasteiger partial charge >= 0.3 is 12.1 Å². The lowest BCUT2D eigenvalue weighted by Gasteiger charge is -2.23. The summed E-state index contributed by atoms with van der Waals surface area (Å²) in [5, 5.41) is 10.4. The topological polar surface area (TPSA) is 105 Å². The van der Waals surface area contributed by atoms with Gasteiger partial charge in [0.15, 0.2) is 0 Å². The van der Waals surface area contributed by atoms with Gasteiger partial charge in [0.05, 0.1) is 4.92 Å². The molecule has 0 fully saturated rings. The fourth-order valence-corrected chi connectivity index (χ4v) is 1.32. The first-order valence-corrected chi connectivity index (χ1v) is 5.54. The first-order valence-electron chi connectivity index (χ1n) is 5.54. The Bertz CT molecular complexity index is 521. The van der Waals surface area contributed by atoms with E-state index in [1.807, 2.05) is 0 Å². The molecule has 0 unspecified atom stereocenters. The van der Waals surface area contributed by atoms with Gasteiger partial charge < -0.3 is 14.2 Å². The predicted molar refractivity (Wildman–Crippen MR) is 66.1 cm³/mol.